The van der Waals surface area contributed by atoms with Gasteiger partial charge in [-0.15, -0.1) is 0 Å². The third kappa shape index (κ3) is 5.58. The molecule has 2 aliphatic rings. The zero-order chi connectivity index (χ0) is 19.6. The van der Waals surface area contributed by atoms with Crippen molar-refractivity contribution in [2.24, 2.45) is 0 Å². The van der Waals surface area contributed by atoms with E-state index in [0.29, 0.717) is 13.2 Å². The van der Waals surface area contributed by atoms with Gasteiger partial charge in [-0.05, 0) is 54.4 Å². The van der Waals surface area contributed by atoms with Gasteiger partial charge in [-0.25, -0.2) is 4.79 Å². The van der Waals surface area contributed by atoms with E-state index in [4.69, 9.17) is 14.2 Å². The zero-order valence-corrected chi connectivity index (χ0v) is 17.0. The highest BCUT2D eigenvalue weighted by atomic mass is 16.6. The molecule has 2 rings (SSSR count). The number of carbonyl (C=O) groups is 2. The number of nitrogens with one attached hydrogen (secondary N) is 1. The highest BCUT2D eigenvalue weighted by Crippen LogP contribution is 2.37. The maximum Gasteiger partial charge on any atom is 0.411 e. The van der Waals surface area contributed by atoms with Crippen LogP contribution < -0.4 is 5.32 Å². The van der Waals surface area contributed by atoms with Crippen LogP contribution in [0.2, 0.25) is 0 Å². The summed E-state index contributed by atoms with van der Waals surface area (Å²) in [7, 11) is 0. The third-order valence-electron chi connectivity index (χ3n) is 4.48. The van der Waals surface area contributed by atoms with Crippen molar-refractivity contribution in [3.63, 3.8) is 0 Å². The van der Waals surface area contributed by atoms with Crippen molar-refractivity contribution in [1.82, 2.24) is 10.2 Å². The van der Waals surface area contributed by atoms with Gasteiger partial charge in [0.05, 0.1) is 25.2 Å². The van der Waals surface area contributed by atoms with Crippen molar-refractivity contribution in [3.05, 3.63) is 0 Å². The monoisotopic (exact) mass is 370 g/mol. The van der Waals surface area contributed by atoms with E-state index in [2.05, 4.69) is 5.32 Å². The van der Waals surface area contributed by atoms with E-state index >= 15 is 0 Å². The predicted octanol–water partition coefficient (Wildman–Crippen LogP) is 2.48. The minimum Gasteiger partial charge on any atom is -0.460 e. The first-order valence-corrected chi connectivity index (χ1v) is 9.45. The molecular weight excluding hydrogens is 336 g/mol. The second-order valence-electron chi connectivity index (χ2n) is 9.29. The van der Waals surface area contributed by atoms with Crippen molar-refractivity contribution < 1.29 is 23.8 Å². The van der Waals surface area contributed by atoms with Crippen molar-refractivity contribution in [3.8, 4) is 0 Å². The van der Waals surface area contributed by atoms with Crippen LogP contribution in [-0.4, -0.2) is 66.0 Å². The molecule has 0 aromatic heterocycles. The lowest BCUT2D eigenvalue weighted by Crippen LogP contribution is -2.64. The molecule has 2 fully saturated rings. The molecule has 7 nitrogen and oxygen atoms in total. The Morgan fingerprint density at radius 3 is 2.38 bits per heavy atom. The van der Waals surface area contributed by atoms with E-state index in [1.54, 1.807) is 0 Å². The van der Waals surface area contributed by atoms with Gasteiger partial charge in [0.2, 0.25) is 0 Å². The van der Waals surface area contributed by atoms with Crippen molar-refractivity contribution in [2.75, 3.05) is 26.3 Å². The van der Waals surface area contributed by atoms with Gasteiger partial charge in [0.25, 0.3) is 0 Å². The predicted molar refractivity (Wildman–Crippen MR) is 98.0 cm³/mol. The molecule has 0 saturated carbocycles. The van der Waals surface area contributed by atoms with E-state index in [1.165, 1.54) is 0 Å². The molecule has 0 aromatic rings. The Balaban J connectivity index is 1.91. The van der Waals surface area contributed by atoms with E-state index in [1.807, 2.05) is 46.4 Å². The highest BCUT2D eigenvalue weighted by molar-refractivity contribution is 5.71. The van der Waals surface area contributed by atoms with E-state index in [0.717, 1.165) is 19.4 Å². The standard InChI is InChI=1S/C19H34N2O5/c1-17(2,3)25-15(22)8-10-24-13-19-9-7-14(11-20-12-19)21(19)16(23)26-18(4,5)6/h14,20H,7-13H2,1-6H3. The van der Waals surface area contributed by atoms with E-state index in [-0.39, 0.29) is 31.1 Å². The van der Waals surface area contributed by atoms with Gasteiger partial charge in [0, 0.05) is 19.1 Å². The number of fused-ring (bicyclic) bond motifs is 2. The van der Waals surface area contributed by atoms with Crippen LogP contribution in [-0.2, 0) is 19.0 Å². The number of piperazine rings is 1. The Kier molecular flexibility index (Phi) is 6.23. The Hall–Kier alpha value is -1.34. The summed E-state index contributed by atoms with van der Waals surface area (Å²) in [6.45, 7) is 13.3. The molecule has 2 saturated heterocycles. The van der Waals surface area contributed by atoms with Gasteiger partial charge in [0.1, 0.15) is 11.2 Å². The molecule has 2 heterocycles. The Morgan fingerprint density at radius 2 is 1.77 bits per heavy atom. The number of esters is 1. The lowest BCUT2D eigenvalue weighted by atomic mass is 9.97. The van der Waals surface area contributed by atoms with Gasteiger partial charge in [-0.3, -0.25) is 9.69 Å². The summed E-state index contributed by atoms with van der Waals surface area (Å²) in [5.41, 5.74) is -1.42. The minimum absolute atomic E-state index is 0.132. The summed E-state index contributed by atoms with van der Waals surface area (Å²) in [4.78, 5) is 26.4. The molecule has 26 heavy (non-hydrogen) atoms. The number of hydrogen-bond acceptors (Lipinski definition) is 6. The fraction of sp³-hybridized carbons (Fsp3) is 0.895. The maximum absolute atomic E-state index is 12.7. The third-order valence-corrected chi connectivity index (χ3v) is 4.48. The maximum atomic E-state index is 12.7. The van der Waals surface area contributed by atoms with Crippen molar-refractivity contribution in [2.45, 2.75) is 83.6 Å². The number of carbonyl (C=O) groups excluding carboxylic acids is 2. The summed E-state index contributed by atoms with van der Waals surface area (Å²) in [6.07, 6.45) is 1.73. The van der Waals surface area contributed by atoms with Crippen LogP contribution in [0.1, 0.15) is 60.8 Å². The molecule has 150 valence electrons. The van der Waals surface area contributed by atoms with E-state index in [9.17, 15) is 9.59 Å². The average Bonchev–Trinajstić information content (AvgIpc) is 2.67. The molecule has 1 N–H and O–H groups in total. The number of hydrogen-bond donors (Lipinski definition) is 1. The fourth-order valence-corrected chi connectivity index (χ4v) is 3.57. The number of ether oxygens (including phenoxy) is 3. The summed E-state index contributed by atoms with van der Waals surface area (Å²) >= 11 is 0. The largest absolute Gasteiger partial charge is 0.460 e. The van der Waals surface area contributed by atoms with Crippen LogP contribution in [0.15, 0.2) is 0 Å². The zero-order valence-electron chi connectivity index (χ0n) is 17.0. The summed E-state index contributed by atoms with van der Waals surface area (Å²) in [5, 5.41) is 3.39. The first-order chi connectivity index (χ1) is 11.9. The Labute approximate surface area is 156 Å². The molecule has 0 aliphatic carbocycles. The Bertz CT molecular complexity index is 519. The van der Waals surface area contributed by atoms with Gasteiger partial charge in [-0.1, -0.05) is 0 Å². The first-order valence-electron chi connectivity index (χ1n) is 9.45. The SMILES string of the molecule is CC(C)(C)OC(=O)CCOCC12CCC(CNC1)N2C(=O)OC(C)(C)C. The smallest absolute Gasteiger partial charge is 0.411 e. The molecule has 2 unspecified atom stereocenters. The molecule has 7 heteroatoms. The molecule has 0 aromatic carbocycles. The quantitative estimate of drug-likeness (QED) is 0.592. The van der Waals surface area contributed by atoms with Crippen LogP contribution in [0, 0.1) is 0 Å². The fourth-order valence-electron chi connectivity index (χ4n) is 3.57. The van der Waals surface area contributed by atoms with Gasteiger partial charge in [-0.2, -0.15) is 0 Å². The summed E-state index contributed by atoms with van der Waals surface area (Å²) in [6, 6.07) is 0.132. The van der Waals surface area contributed by atoms with Gasteiger partial charge >= 0.3 is 12.1 Å². The summed E-state index contributed by atoms with van der Waals surface area (Å²) < 4.78 is 16.7. The first kappa shape index (κ1) is 21.0. The minimum atomic E-state index is -0.528. The van der Waals surface area contributed by atoms with Gasteiger partial charge in [0.15, 0.2) is 0 Å². The van der Waals surface area contributed by atoms with Crippen LogP contribution in [0.25, 0.3) is 0 Å². The lowest BCUT2D eigenvalue weighted by Gasteiger charge is -2.45. The highest BCUT2D eigenvalue weighted by Gasteiger charge is 2.52. The second-order valence-corrected chi connectivity index (χ2v) is 9.29. The summed E-state index contributed by atoms with van der Waals surface area (Å²) in [5.74, 6) is -0.273. The molecule has 1 amide bonds. The average molecular weight is 370 g/mol. The molecule has 0 spiro atoms. The molecule has 0 radical (unpaired) electrons. The van der Waals surface area contributed by atoms with Crippen LogP contribution in [0.4, 0.5) is 4.79 Å². The van der Waals surface area contributed by atoms with E-state index < -0.39 is 16.7 Å². The normalized spacial score (nSPS) is 25.9. The topological polar surface area (TPSA) is 77.1 Å². The number of rotatable bonds is 5. The number of nitrogens with zero attached hydrogens (tertiary/aromatic N) is 1. The van der Waals surface area contributed by atoms with Crippen LogP contribution in [0.3, 0.4) is 0 Å². The van der Waals surface area contributed by atoms with Crippen LogP contribution in [0.5, 0.6) is 0 Å². The lowest BCUT2D eigenvalue weighted by molar-refractivity contribution is -0.156. The Morgan fingerprint density at radius 1 is 1.12 bits per heavy atom. The van der Waals surface area contributed by atoms with Gasteiger partial charge < -0.3 is 19.5 Å². The van der Waals surface area contributed by atoms with Crippen molar-refractivity contribution >= 4 is 12.1 Å². The van der Waals surface area contributed by atoms with Crippen molar-refractivity contribution in [1.29, 1.82) is 0 Å². The molecular formula is C19H34N2O5. The molecule has 2 atom stereocenters. The molecule has 2 aliphatic heterocycles. The molecule has 2 bridgehead atoms. The number of amides is 1. The second kappa shape index (κ2) is 7.72. The van der Waals surface area contributed by atoms with Crippen LogP contribution >= 0.6 is 0 Å².